The summed E-state index contributed by atoms with van der Waals surface area (Å²) >= 11 is 6.18. The van der Waals surface area contributed by atoms with Crippen molar-refractivity contribution in [3.05, 3.63) is 106 Å². The highest BCUT2D eigenvalue weighted by atomic mass is 35.5. The fraction of sp³-hybridized carbons (Fsp3) is 0.0833. The van der Waals surface area contributed by atoms with Crippen LogP contribution >= 0.6 is 11.6 Å². The van der Waals surface area contributed by atoms with Crippen molar-refractivity contribution in [2.45, 2.75) is 6.42 Å². The lowest BCUT2D eigenvalue weighted by atomic mass is 9.98. The van der Waals surface area contributed by atoms with Crippen LogP contribution in [0.3, 0.4) is 0 Å². The first kappa shape index (κ1) is 18.8. The summed E-state index contributed by atoms with van der Waals surface area (Å²) in [7, 11) is 0. The van der Waals surface area contributed by atoms with Gasteiger partial charge in [0.1, 0.15) is 0 Å². The molecule has 0 radical (unpaired) electrons. The van der Waals surface area contributed by atoms with Crippen LogP contribution in [0.1, 0.15) is 12.0 Å². The molecule has 4 nitrogen and oxygen atoms in total. The molecular formula is C24H18ClN3O. The van der Waals surface area contributed by atoms with Gasteiger partial charge >= 0.3 is 0 Å². The van der Waals surface area contributed by atoms with Crippen LogP contribution in [0.15, 0.2) is 89.6 Å². The van der Waals surface area contributed by atoms with Crippen LogP contribution in [0.4, 0.5) is 0 Å². The standard InChI is InChI=1S/C24H18ClN3O/c25-20-8-4-7-17(12-20)23-13-19(22-10-3-1-2-6-18(22)14-26)16-28(24(23)29)21-9-5-11-27-15-21/h2-10,12-13,15-16,27H,1,11H2. The summed E-state index contributed by atoms with van der Waals surface area (Å²) < 4.78 is 1.61. The Kier molecular flexibility index (Phi) is 5.33. The number of dihydropyridines is 1. The van der Waals surface area contributed by atoms with E-state index in [4.69, 9.17) is 11.6 Å². The van der Waals surface area contributed by atoms with Crippen molar-refractivity contribution in [1.82, 2.24) is 9.88 Å². The highest BCUT2D eigenvalue weighted by Gasteiger charge is 2.15. The van der Waals surface area contributed by atoms with Crippen molar-refractivity contribution in [1.29, 1.82) is 5.26 Å². The number of benzene rings is 1. The van der Waals surface area contributed by atoms with E-state index in [0.717, 1.165) is 35.4 Å². The van der Waals surface area contributed by atoms with E-state index in [9.17, 15) is 10.1 Å². The summed E-state index contributed by atoms with van der Waals surface area (Å²) in [6.45, 7) is 0.719. The first-order valence-corrected chi connectivity index (χ1v) is 9.66. The molecule has 1 N–H and O–H groups in total. The fourth-order valence-electron chi connectivity index (χ4n) is 3.37. The molecule has 1 aromatic heterocycles. The molecule has 1 aliphatic heterocycles. The van der Waals surface area contributed by atoms with E-state index in [-0.39, 0.29) is 5.56 Å². The van der Waals surface area contributed by atoms with E-state index in [2.05, 4.69) is 11.4 Å². The minimum absolute atomic E-state index is 0.150. The number of pyridine rings is 1. The van der Waals surface area contributed by atoms with Crippen LogP contribution in [0.2, 0.25) is 5.02 Å². The molecule has 0 bridgehead atoms. The van der Waals surface area contributed by atoms with Crippen molar-refractivity contribution in [3.8, 4) is 17.2 Å². The van der Waals surface area contributed by atoms with Gasteiger partial charge in [-0.2, -0.15) is 5.26 Å². The quantitative estimate of drug-likeness (QED) is 0.796. The van der Waals surface area contributed by atoms with Crippen LogP contribution in [-0.4, -0.2) is 11.1 Å². The van der Waals surface area contributed by atoms with Gasteiger partial charge in [-0.25, -0.2) is 0 Å². The molecule has 2 aromatic rings. The lowest BCUT2D eigenvalue weighted by Gasteiger charge is -2.16. The Bertz CT molecular complexity index is 1220. The molecule has 0 unspecified atom stereocenters. The van der Waals surface area contributed by atoms with Gasteiger partial charge in [-0.15, -0.1) is 0 Å². The summed E-state index contributed by atoms with van der Waals surface area (Å²) in [4.78, 5) is 13.3. The maximum absolute atomic E-state index is 13.3. The van der Waals surface area contributed by atoms with Crippen molar-refractivity contribution >= 4 is 22.9 Å². The summed E-state index contributed by atoms with van der Waals surface area (Å²) in [5.74, 6) is 0. The van der Waals surface area contributed by atoms with E-state index in [1.807, 2.05) is 60.9 Å². The molecular weight excluding hydrogens is 382 g/mol. The molecule has 1 aromatic carbocycles. The lowest BCUT2D eigenvalue weighted by Crippen LogP contribution is -2.23. The molecule has 4 rings (SSSR count). The van der Waals surface area contributed by atoms with Gasteiger partial charge < -0.3 is 5.32 Å². The Labute approximate surface area is 174 Å². The largest absolute Gasteiger partial charge is 0.386 e. The second kappa shape index (κ2) is 8.22. The zero-order valence-electron chi connectivity index (χ0n) is 15.6. The van der Waals surface area contributed by atoms with E-state index in [1.54, 1.807) is 22.9 Å². The maximum Gasteiger partial charge on any atom is 0.263 e. The molecule has 0 atom stereocenters. The number of hydrogen-bond donors (Lipinski definition) is 1. The maximum atomic E-state index is 13.3. The number of nitrogens with zero attached hydrogens (tertiary/aromatic N) is 2. The van der Waals surface area contributed by atoms with Crippen LogP contribution in [0.25, 0.3) is 22.4 Å². The third kappa shape index (κ3) is 3.87. The minimum Gasteiger partial charge on any atom is -0.386 e. The Hall–Kier alpha value is -3.55. The van der Waals surface area contributed by atoms with Crippen LogP contribution < -0.4 is 10.9 Å². The van der Waals surface area contributed by atoms with E-state index >= 15 is 0 Å². The molecule has 29 heavy (non-hydrogen) atoms. The molecule has 0 spiro atoms. The van der Waals surface area contributed by atoms with Crippen molar-refractivity contribution in [2.75, 3.05) is 6.54 Å². The highest BCUT2D eigenvalue weighted by molar-refractivity contribution is 6.30. The van der Waals surface area contributed by atoms with Gasteiger partial charge in [-0.3, -0.25) is 9.36 Å². The minimum atomic E-state index is -0.150. The third-order valence-electron chi connectivity index (χ3n) is 4.77. The second-order valence-electron chi connectivity index (χ2n) is 6.69. The van der Waals surface area contributed by atoms with Crippen molar-refractivity contribution < 1.29 is 0 Å². The third-order valence-corrected chi connectivity index (χ3v) is 5.00. The molecule has 0 saturated carbocycles. The average Bonchev–Trinajstić information content (AvgIpc) is 3.00. The number of aromatic nitrogens is 1. The summed E-state index contributed by atoms with van der Waals surface area (Å²) in [5, 5.41) is 13.3. The monoisotopic (exact) mass is 399 g/mol. The first-order chi connectivity index (χ1) is 14.2. The topological polar surface area (TPSA) is 57.8 Å². The molecule has 142 valence electrons. The van der Waals surface area contributed by atoms with Crippen molar-refractivity contribution in [3.63, 3.8) is 0 Å². The Morgan fingerprint density at radius 1 is 1.07 bits per heavy atom. The molecule has 0 fully saturated rings. The van der Waals surface area contributed by atoms with E-state index in [0.29, 0.717) is 16.2 Å². The van der Waals surface area contributed by atoms with Gasteiger partial charge in [0.05, 0.1) is 17.3 Å². The van der Waals surface area contributed by atoms with E-state index < -0.39 is 0 Å². The van der Waals surface area contributed by atoms with Crippen LogP contribution in [-0.2, 0) is 0 Å². The molecule has 0 saturated heterocycles. The lowest BCUT2D eigenvalue weighted by molar-refractivity contribution is 0.931. The summed E-state index contributed by atoms with van der Waals surface area (Å²) in [5.41, 5.74) is 3.98. The number of nitrogens with one attached hydrogen (secondary N) is 1. The van der Waals surface area contributed by atoms with Gasteiger partial charge in [0.25, 0.3) is 5.56 Å². The Morgan fingerprint density at radius 3 is 2.69 bits per heavy atom. The Balaban J connectivity index is 2.01. The smallest absolute Gasteiger partial charge is 0.263 e. The fourth-order valence-corrected chi connectivity index (χ4v) is 3.56. The van der Waals surface area contributed by atoms with E-state index in [1.165, 1.54) is 0 Å². The predicted molar refractivity (Wildman–Crippen MR) is 118 cm³/mol. The van der Waals surface area contributed by atoms with Gasteiger partial charge in [0.2, 0.25) is 0 Å². The second-order valence-corrected chi connectivity index (χ2v) is 7.12. The molecule has 5 heteroatoms. The number of halogens is 1. The zero-order valence-corrected chi connectivity index (χ0v) is 16.4. The summed E-state index contributed by atoms with van der Waals surface area (Å²) in [6, 6.07) is 11.3. The number of nitriles is 1. The average molecular weight is 400 g/mol. The van der Waals surface area contributed by atoms with Gasteiger partial charge in [-0.05, 0) is 42.3 Å². The van der Waals surface area contributed by atoms with Gasteiger partial charge in [0.15, 0.2) is 0 Å². The Morgan fingerprint density at radius 2 is 1.93 bits per heavy atom. The highest BCUT2D eigenvalue weighted by Crippen LogP contribution is 2.28. The molecule has 2 aliphatic rings. The number of hydrogen-bond acceptors (Lipinski definition) is 3. The molecule has 0 amide bonds. The normalized spacial score (nSPS) is 15.5. The SMILES string of the molecule is N#CC1=C(c2cc(-c3cccc(Cl)c3)c(=O)n(C3=CNCC=C3)c2)C=CCC=C1. The number of allylic oxidation sites excluding steroid dienone is 8. The molecule has 2 heterocycles. The van der Waals surface area contributed by atoms with Crippen LogP contribution in [0.5, 0.6) is 0 Å². The predicted octanol–water partition coefficient (Wildman–Crippen LogP) is 4.92. The first-order valence-electron chi connectivity index (χ1n) is 9.28. The zero-order chi connectivity index (χ0) is 20.2. The van der Waals surface area contributed by atoms with Gasteiger partial charge in [0, 0.05) is 40.7 Å². The van der Waals surface area contributed by atoms with Crippen molar-refractivity contribution in [2.24, 2.45) is 0 Å². The van der Waals surface area contributed by atoms with Crippen LogP contribution in [0, 0.1) is 11.3 Å². The van der Waals surface area contributed by atoms with Gasteiger partial charge in [-0.1, -0.05) is 48.0 Å². The summed E-state index contributed by atoms with van der Waals surface area (Å²) in [6.07, 6.45) is 15.9. The number of rotatable bonds is 3. The molecule has 1 aliphatic carbocycles.